The van der Waals surface area contributed by atoms with Crippen LogP contribution in [0.5, 0.6) is 0 Å². The molecule has 3 N–H and O–H groups in total. The fourth-order valence-corrected chi connectivity index (χ4v) is 3.96. The molecule has 27 heavy (non-hydrogen) atoms. The molecule has 3 rings (SSSR count). The molecule has 2 aromatic carbocycles. The van der Waals surface area contributed by atoms with Crippen LogP contribution in [-0.4, -0.2) is 43.8 Å². The highest BCUT2D eigenvalue weighted by molar-refractivity contribution is 7.89. The summed E-state index contributed by atoms with van der Waals surface area (Å²) in [6.45, 7) is 1.63. The van der Waals surface area contributed by atoms with E-state index in [2.05, 4.69) is 4.90 Å². The number of benzene rings is 2. The molecule has 0 unspecified atom stereocenters. The van der Waals surface area contributed by atoms with Crippen LogP contribution >= 0.6 is 0 Å². The Morgan fingerprint density at radius 3 is 2.19 bits per heavy atom. The first-order valence-electron chi connectivity index (χ1n) is 8.90. The second kappa shape index (κ2) is 7.90. The Balaban J connectivity index is 1.52. The summed E-state index contributed by atoms with van der Waals surface area (Å²) in [5.74, 6) is 0.0588. The SMILES string of the molecule is NS(=O)(=O)c1ccc(CC(=O)CN2CCC(O)(c3ccccc3)CC2)cc1. The van der Waals surface area contributed by atoms with Gasteiger partial charge in [-0.2, -0.15) is 0 Å². The Kier molecular flexibility index (Phi) is 5.76. The van der Waals surface area contributed by atoms with Crippen molar-refractivity contribution in [2.45, 2.75) is 29.8 Å². The van der Waals surface area contributed by atoms with Gasteiger partial charge in [-0.15, -0.1) is 0 Å². The zero-order valence-corrected chi connectivity index (χ0v) is 15.9. The fraction of sp³-hybridized carbons (Fsp3) is 0.350. The lowest BCUT2D eigenvalue weighted by atomic mass is 9.84. The van der Waals surface area contributed by atoms with E-state index < -0.39 is 15.6 Å². The topological polar surface area (TPSA) is 101 Å². The predicted octanol–water partition coefficient (Wildman–Crippen LogP) is 1.43. The van der Waals surface area contributed by atoms with Crippen molar-refractivity contribution in [1.29, 1.82) is 0 Å². The largest absolute Gasteiger partial charge is 0.385 e. The van der Waals surface area contributed by atoms with E-state index in [1.807, 2.05) is 30.3 Å². The number of carbonyl (C=O) groups is 1. The van der Waals surface area contributed by atoms with Crippen LogP contribution in [0.25, 0.3) is 0 Å². The number of Topliss-reactive ketones (excluding diaryl/α,β-unsaturated/α-hetero) is 1. The number of rotatable bonds is 6. The summed E-state index contributed by atoms with van der Waals surface area (Å²) in [4.78, 5) is 14.4. The molecule has 0 aliphatic carbocycles. The lowest BCUT2D eigenvalue weighted by molar-refractivity contribution is -0.121. The van der Waals surface area contributed by atoms with Crippen molar-refractivity contribution in [3.8, 4) is 0 Å². The Bertz CT molecular complexity index is 887. The first kappa shape index (κ1) is 19.7. The zero-order chi connectivity index (χ0) is 19.5. The lowest BCUT2D eigenvalue weighted by Gasteiger charge is -2.38. The van der Waals surface area contributed by atoms with E-state index in [0.717, 1.165) is 11.1 Å². The number of primary sulfonamides is 1. The van der Waals surface area contributed by atoms with E-state index in [1.165, 1.54) is 12.1 Å². The molecule has 1 aliphatic heterocycles. The monoisotopic (exact) mass is 388 g/mol. The second-order valence-electron chi connectivity index (χ2n) is 7.08. The summed E-state index contributed by atoms with van der Waals surface area (Å²) in [6, 6.07) is 15.7. The zero-order valence-electron chi connectivity index (χ0n) is 15.0. The summed E-state index contributed by atoms with van der Waals surface area (Å²) < 4.78 is 22.5. The number of aliphatic hydroxyl groups is 1. The van der Waals surface area contributed by atoms with Crippen molar-refractivity contribution in [2.75, 3.05) is 19.6 Å². The van der Waals surface area contributed by atoms with Gasteiger partial charge < -0.3 is 5.11 Å². The molecule has 1 aliphatic rings. The normalized spacial score (nSPS) is 17.6. The van der Waals surface area contributed by atoms with Crippen LogP contribution in [0, 0.1) is 0 Å². The smallest absolute Gasteiger partial charge is 0.238 e. The average molecular weight is 388 g/mol. The van der Waals surface area contributed by atoms with Crippen LogP contribution in [0.4, 0.5) is 0 Å². The average Bonchev–Trinajstić information content (AvgIpc) is 2.64. The summed E-state index contributed by atoms with van der Waals surface area (Å²) in [6.07, 6.45) is 1.42. The van der Waals surface area contributed by atoms with Crippen LogP contribution in [0.2, 0.25) is 0 Å². The number of sulfonamides is 1. The van der Waals surface area contributed by atoms with Crippen molar-refractivity contribution in [1.82, 2.24) is 4.90 Å². The molecule has 1 heterocycles. The molecule has 7 heteroatoms. The first-order chi connectivity index (χ1) is 12.8. The number of ketones is 1. The molecule has 0 radical (unpaired) electrons. The maximum Gasteiger partial charge on any atom is 0.238 e. The number of piperidine rings is 1. The molecule has 6 nitrogen and oxygen atoms in total. The third-order valence-corrected chi connectivity index (χ3v) is 5.98. The highest BCUT2D eigenvalue weighted by Crippen LogP contribution is 2.32. The van der Waals surface area contributed by atoms with Gasteiger partial charge in [-0.05, 0) is 36.1 Å². The second-order valence-corrected chi connectivity index (χ2v) is 8.64. The molecule has 0 aromatic heterocycles. The van der Waals surface area contributed by atoms with E-state index in [4.69, 9.17) is 5.14 Å². The fourth-order valence-electron chi connectivity index (χ4n) is 3.45. The Labute approximate surface area is 159 Å². The van der Waals surface area contributed by atoms with Gasteiger partial charge >= 0.3 is 0 Å². The van der Waals surface area contributed by atoms with Crippen molar-refractivity contribution >= 4 is 15.8 Å². The van der Waals surface area contributed by atoms with Gasteiger partial charge in [0.1, 0.15) is 0 Å². The molecule has 0 spiro atoms. The lowest BCUT2D eigenvalue weighted by Crippen LogP contribution is -2.44. The van der Waals surface area contributed by atoms with Gasteiger partial charge in [-0.1, -0.05) is 42.5 Å². The molecular weight excluding hydrogens is 364 g/mol. The highest BCUT2D eigenvalue weighted by atomic mass is 32.2. The van der Waals surface area contributed by atoms with Gasteiger partial charge in [0.2, 0.25) is 10.0 Å². The third kappa shape index (κ3) is 5.01. The first-order valence-corrected chi connectivity index (χ1v) is 10.4. The molecule has 0 bridgehead atoms. The van der Waals surface area contributed by atoms with Gasteiger partial charge in [0.15, 0.2) is 5.78 Å². The van der Waals surface area contributed by atoms with Crippen LogP contribution < -0.4 is 5.14 Å². The number of hydrogen-bond donors (Lipinski definition) is 2. The van der Waals surface area contributed by atoms with E-state index in [9.17, 15) is 18.3 Å². The van der Waals surface area contributed by atoms with Crippen LogP contribution in [0.15, 0.2) is 59.5 Å². The van der Waals surface area contributed by atoms with E-state index >= 15 is 0 Å². The minimum atomic E-state index is -3.72. The minimum absolute atomic E-state index is 0.0370. The highest BCUT2D eigenvalue weighted by Gasteiger charge is 2.34. The molecule has 0 atom stereocenters. The summed E-state index contributed by atoms with van der Waals surface area (Å²) in [5.41, 5.74) is 0.848. The standard InChI is InChI=1S/C20H24N2O4S/c21-27(25,26)19-8-6-16(7-9-19)14-18(23)15-22-12-10-20(24,11-13-22)17-4-2-1-3-5-17/h1-9,24H,10-15H2,(H2,21,25,26). The van der Waals surface area contributed by atoms with Gasteiger partial charge in [0, 0.05) is 19.5 Å². The Hall–Kier alpha value is -2.06. The van der Waals surface area contributed by atoms with E-state index in [1.54, 1.807) is 12.1 Å². The molecule has 1 saturated heterocycles. The minimum Gasteiger partial charge on any atom is -0.385 e. The van der Waals surface area contributed by atoms with Gasteiger partial charge in [0.05, 0.1) is 17.0 Å². The number of hydrogen-bond acceptors (Lipinski definition) is 5. The van der Waals surface area contributed by atoms with Gasteiger partial charge in [-0.25, -0.2) is 13.6 Å². The van der Waals surface area contributed by atoms with Crippen molar-refractivity contribution in [3.63, 3.8) is 0 Å². The van der Waals surface area contributed by atoms with Crippen molar-refractivity contribution in [3.05, 3.63) is 65.7 Å². The summed E-state index contributed by atoms with van der Waals surface area (Å²) >= 11 is 0. The molecule has 2 aromatic rings. The maximum atomic E-state index is 12.3. The quantitative estimate of drug-likeness (QED) is 0.780. The third-order valence-electron chi connectivity index (χ3n) is 5.05. The molecule has 144 valence electrons. The Morgan fingerprint density at radius 1 is 1.04 bits per heavy atom. The van der Waals surface area contributed by atoms with Crippen LogP contribution in [0.3, 0.4) is 0 Å². The van der Waals surface area contributed by atoms with E-state index in [-0.39, 0.29) is 17.1 Å². The molecule has 0 saturated carbocycles. The van der Waals surface area contributed by atoms with Crippen LogP contribution in [-0.2, 0) is 26.8 Å². The van der Waals surface area contributed by atoms with Crippen LogP contribution in [0.1, 0.15) is 24.0 Å². The van der Waals surface area contributed by atoms with E-state index in [0.29, 0.717) is 32.5 Å². The Morgan fingerprint density at radius 2 is 1.63 bits per heavy atom. The predicted molar refractivity (Wildman–Crippen MR) is 103 cm³/mol. The number of nitrogens with two attached hydrogens (primary N) is 1. The molecular formula is C20H24N2O4S. The molecule has 0 amide bonds. The summed E-state index contributed by atoms with van der Waals surface area (Å²) in [7, 11) is -3.72. The number of carbonyl (C=O) groups excluding carboxylic acids is 1. The van der Waals surface area contributed by atoms with Crippen molar-refractivity contribution in [2.24, 2.45) is 5.14 Å². The maximum absolute atomic E-state index is 12.3. The summed E-state index contributed by atoms with van der Waals surface area (Å²) in [5, 5.41) is 15.9. The van der Waals surface area contributed by atoms with Crippen molar-refractivity contribution < 1.29 is 18.3 Å². The van der Waals surface area contributed by atoms with Gasteiger partial charge in [0.25, 0.3) is 0 Å². The number of likely N-dealkylation sites (tertiary alicyclic amines) is 1. The van der Waals surface area contributed by atoms with Gasteiger partial charge in [-0.3, -0.25) is 9.69 Å². The molecule has 1 fully saturated rings. The number of nitrogens with zero attached hydrogens (tertiary/aromatic N) is 1.